The smallest absolute Gasteiger partial charge is 0.0651 e. The number of benzene rings is 2. The number of aliphatic hydroxyl groups excluding tert-OH is 2. The van der Waals surface area contributed by atoms with Crippen molar-refractivity contribution in [3.63, 3.8) is 0 Å². The van der Waals surface area contributed by atoms with E-state index >= 15 is 0 Å². The zero-order chi connectivity index (χ0) is 27.7. The number of fused-ring (bicyclic) bond motifs is 2. The van der Waals surface area contributed by atoms with Crippen molar-refractivity contribution in [2.24, 2.45) is 22.7 Å². The average Bonchev–Trinajstić information content (AvgIpc) is 3.37. The van der Waals surface area contributed by atoms with Crippen molar-refractivity contribution in [3.8, 4) is 11.3 Å². The van der Waals surface area contributed by atoms with Crippen LogP contribution < -0.4 is 0 Å². The van der Waals surface area contributed by atoms with E-state index < -0.39 is 0 Å². The number of aromatic nitrogens is 1. The van der Waals surface area contributed by atoms with Gasteiger partial charge in [-0.15, -0.1) is 34.9 Å². The molecule has 1 heterocycles. The normalized spacial score (nSPS) is 24.5. The summed E-state index contributed by atoms with van der Waals surface area (Å²) < 4.78 is 0. The molecule has 3 nitrogen and oxygen atoms in total. The van der Waals surface area contributed by atoms with E-state index in [0.29, 0.717) is 5.92 Å². The number of hydrogen-bond acceptors (Lipinski definition) is 3. The summed E-state index contributed by atoms with van der Waals surface area (Å²) in [7, 11) is 0. The molecule has 2 aliphatic carbocycles. The molecular formula is C35H48IrNO2-. The molecule has 0 amide bonds. The van der Waals surface area contributed by atoms with Gasteiger partial charge in [0.25, 0.3) is 0 Å². The van der Waals surface area contributed by atoms with Gasteiger partial charge in [-0.3, -0.25) is 0 Å². The third-order valence-corrected chi connectivity index (χ3v) is 10.3. The summed E-state index contributed by atoms with van der Waals surface area (Å²) in [4.78, 5) is 4.58. The first-order chi connectivity index (χ1) is 18.2. The fraction of sp³-hybridized carbons (Fsp3) is 0.571. The van der Waals surface area contributed by atoms with Crippen molar-refractivity contribution >= 4 is 10.8 Å². The van der Waals surface area contributed by atoms with Crippen LogP contribution in [0.4, 0.5) is 0 Å². The number of nitrogens with zero attached hydrogens (tertiary/aromatic N) is 1. The molecule has 0 aliphatic heterocycles. The van der Waals surface area contributed by atoms with Gasteiger partial charge >= 0.3 is 0 Å². The molecule has 0 bridgehead atoms. The van der Waals surface area contributed by atoms with Gasteiger partial charge in [0.1, 0.15) is 0 Å². The SMILES string of the molecule is CCC1(CC)CC2CC(CC)(CC)C(O)C2C1O.CCc1ccc2cnc(-c3[c-]c(C)cc(C)c3)cc2c1.[Ir]. The Bertz CT molecular complexity index is 1200. The Balaban J connectivity index is 0.000000211. The number of hydrogen-bond donors (Lipinski definition) is 2. The predicted octanol–water partition coefficient (Wildman–Crippen LogP) is 8.24. The summed E-state index contributed by atoms with van der Waals surface area (Å²) in [5.41, 5.74) is 5.99. The minimum absolute atomic E-state index is 0. The molecule has 2 fully saturated rings. The van der Waals surface area contributed by atoms with Crippen LogP contribution in [0.1, 0.15) is 89.8 Å². The van der Waals surface area contributed by atoms with Crippen LogP contribution in [0.3, 0.4) is 0 Å². The van der Waals surface area contributed by atoms with Crippen molar-refractivity contribution in [2.45, 2.75) is 106 Å². The Morgan fingerprint density at radius 1 is 0.821 bits per heavy atom. The van der Waals surface area contributed by atoms with Gasteiger partial charge < -0.3 is 15.2 Å². The Morgan fingerprint density at radius 3 is 1.90 bits per heavy atom. The second-order valence-corrected chi connectivity index (χ2v) is 12.1. The van der Waals surface area contributed by atoms with Crippen LogP contribution in [0.2, 0.25) is 0 Å². The summed E-state index contributed by atoms with van der Waals surface area (Å²) in [6.07, 6.45) is 8.80. The van der Waals surface area contributed by atoms with Gasteiger partial charge in [0.2, 0.25) is 0 Å². The maximum atomic E-state index is 10.7. The first-order valence-corrected chi connectivity index (χ1v) is 14.9. The van der Waals surface area contributed by atoms with Gasteiger partial charge in [0, 0.05) is 32.2 Å². The fourth-order valence-electron chi connectivity index (χ4n) is 7.64. The second-order valence-electron chi connectivity index (χ2n) is 12.1. The van der Waals surface area contributed by atoms with Gasteiger partial charge in [-0.1, -0.05) is 72.7 Å². The molecule has 2 aliphatic rings. The van der Waals surface area contributed by atoms with Crippen molar-refractivity contribution < 1.29 is 30.3 Å². The maximum Gasteiger partial charge on any atom is 0.0651 e. The fourth-order valence-corrected chi connectivity index (χ4v) is 7.64. The van der Waals surface area contributed by atoms with Crippen LogP contribution in [0.25, 0.3) is 22.0 Å². The van der Waals surface area contributed by atoms with E-state index in [0.717, 1.165) is 61.8 Å². The van der Waals surface area contributed by atoms with E-state index in [1.807, 2.05) is 6.20 Å². The topological polar surface area (TPSA) is 53.4 Å². The van der Waals surface area contributed by atoms with E-state index in [1.54, 1.807) is 0 Å². The zero-order valence-corrected chi connectivity index (χ0v) is 27.4. The van der Waals surface area contributed by atoms with Crippen LogP contribution in [0, 0.1) is 42.6 Å². The van der Waals surface area contributed by atoms with Gasteiger partial charge in [0.15, 0.2) is 0 Å². The third kappa shape index (κ3) is 6.05. The van der Waals surface area contributed by atoms with Gasteiger partial charge in [0.05, 0.1) is 12.2 Å². The molecule has 0 spiro atoms. The minimum atomic E-state index is -0.299. The Labute approximate surface area is 250 Å². The van der Waals surface area contributed by atoms with Crippen molar-refractivity contribution in [3.05, 3.63) is 65.4 Å². The molecule has 1 radical (unpaired) electrons. The minimum Gasteiger partial charge on any atom is -0.392 e. The molecular weight excluding hydrogens is 659 g/mol. The second kappa shape index (κ2) is 12.9. The van der Waals surface area contributed by atoms with E-state index in [4.69, 9.17) is 0 Å². The molecule has 2 aromatic carbocycles. The number of pyridine rings is 1. The number of aliphatic hydroxyl groups is 2. The molecule has 5 rings (SSSR count). The molecule has 2 saturated carbocycles. The van der Waals surface area contributed by atoms with E-state index in [1.165, 1.54) is 21.9 Å². The first kappa shape index (κ1) is 31.9. The van der Waals surface area contributed by atoms with Crippen molar-refractivity contribution in [1.82, 2.24) is 4.98 Å². The Hall–Kier alpha value is -1.58. The maximum absolute atomic E-state index is 10.7. The van der Waals surface area contributed by atoms with Gasteiger partial charge in [-0.25, -0.2) is 0 Å². The van der Waals surface area contributed by atoms with Crippen molar-refractivity contribution in [2.75, 3.05) is 0 Å². The summed E-state index contributed by atoms with van der Waals surface area (Å²) in [5, 5.41) is 23.9. The molecule has 2 atom stereocenters. The zero-order valence-electron chi connectivity index (χ0n) is 25.0. The Kier molecular flexibility index (Phi) is 10.6. The van der Waals surface area contributed by atoms with Gasteiger partial charge in [-0.2, -0.15) is 0 Å². The standard InChI is InChI=1S/C19H18N.C16H30O2.Ir/c1-4-15-5-6-16-12-20-19(11-17(16)10-15)18-8-13(2)7-14(3)9-18;1-5-15(6-2)9-11-10-16(7-3,8-4)14(18)12(11)13(15)17;/h5-8,10-12H,4H2,1-3H3;11-14,17-18H,5-10H2,1-4H3;/q-1;;. The van der Waals surface area contributed by atoms with Crippen molar-refractivity contribution in [1.29, 1.82) is 0 Å². The molecule has 3 aromatic rings. The van der Waals surface area contributed by atoms with Crippen LogP contribution in [0.15, 0.2) is 42.6 Å². The van der Waals surface area contributed by atoms with E-state index in [-0.39, 0.29) is 49.1 Å². The predicted molar refractivity (Wildman–Crippen MR) is 159 cm³/mol. The molecule has 0 saturated heterocycles. The monoisotopic (exact) mass is 707 g/mol. The molecule has 215 valence electrons. The van der Waals surface area contributed by atoms with Crippen LogP contribution in [-0.2, 0) is 26.5 Å². The molecule has 1 aromatic heterocycles. The summed E-state index contributed by atoms with van der Waals surface area (Å²) in [6, 6.07) is 16.4. The van der Waals surface area contributed by atoms with Crippen LogP contribution >= 0.6 is 0 Å². The van der Waals surface area contributed by atoms with Crippen LogP contribution in [-0.4, -0.2) is 27.4 Å². The molecule has 2 unspecified atom stereocenters. The van der Waals surface area contributed by atoms with Gasteiger partial charge in [-0.05, 0) is 83.7 Å². The molecule has 2 N–H and O–H groups in total. The van der Waals surface area contributed by atoms with Crippen LogP contribution in [0.5, 0.6) is 0 Å². The van der Waals surface area contributed by atoms with E-state index in [2.05, 4.69) is 95.9 Å². The quantitative estimate of drug-likeness (QED) is 0.254. The summed E-state index contributed by atoms with van der Waals surface area (Å²) in [5.74, 6) is 0.666. The first-order valence-electron chi connectivity index (χ1n) is 14.9. The number of aryl methyl sites for hydroxylation is 3. The number of rotatable bonds is 6. The summed E-state index contributed by atoms with van der Waals surface area (Å²) >= 11 is 0. The Morgan fingerprint density at radius 2 is 1.41 bits per heavy atom. The largest absolute Gasteiger partial charge is 0.392 e. The molecule has 39 heavy (non-hydrogen) atoms. The average molecular weight is 707 g/mol. The summed E-state index contributed by atoms with van der Waals surface area (Å²) in [6.45, 7) is 15.1. The third-order valence-electron chi connectivity index (χ3n) is 10.3. The van der Waals surface area contributed by atoms with E-state index in [9.17, 15) is 10.2 Å². The molecule has 4 heteroatoms.